The molecule has 5 atom stereocenters. The number of aromatic nitrogens is 3. The minimum atomic E-state index is -4.51. The number of carbonyl (C=O) groups excluding carboxylic acids is 1. The molecule has 228 valence electrons. The van der Waals surface area contributed by atoms with E-state index in [0.717, 1.165) is 23.1 Å². The molecule has 3 heterocycles. The maximum atomic E-state index is 14.8. The van der Waals surface area contributed by atoms with Gasteiger partial charge in [-0.1, -0.05) is 41.6 Å². The molecule has 2 aromatic carbocycles. The standard InChI is InChI=1S/C31H34F4N6O2/c1-18(20-11-12-40(2)16-24(20)32)37-25-9-6-10-26-23(25)14-27(41(26)17-31(33,34)35)29-38-28(43-39-29)15-36-30(42)22-13-21(22)19-7-4-3-5-8-19/h3-10,14,18,20-22,24,37H,11-13,15-17H2,1-2H3,(H,36,42)/t18-,20-,21-,22+,24-/m0/s1. The van der Waals surface area contributed by atoms with E-state index >= 15 is 0 Å². The van der Waals surface area contributed by atoms with Crippen molar-refractivity contribution < 1.29 is 26.9 Å². The largest absolute Gasteiger partial charge is 0.406 e. The zero-order valence-electron chi connectivity index (χ0n) is 23.9. The summed E-state index contributed by atoms with van der Waals surface area (Å²) in [5, 5.41) is 10.7. The van der Waals surface area contributed by atoms with Gasteiger partial charge in [-0.2, -0.15) is 18.2 Å². The van der Waals surface area contributed by atoms with Gasteiger partial charge < -0.3 is 24.6 Å². The number of hydrogen-bond donors (Lipinski definition) is 2. The Hall–Kier alpha value is -3.93. The fraction of sp³-hybridized carbons (Fsp3) is 0.452. The van der Waals surface area contributed by atoms with Crippen LogP contribution in [-0.4, -0.2) is 64.0 Å². The molecule has 1 amide bonds. The van der Waals surface area contributed by atoms with Crippen LogP contribution in [0.4, 0.5) is 23.2 Å². The second-order valence-corrected chi connectivity index (χ2v) is 11.7. The quantitative estimate of drug-likeness (QED) is 0.238. The summed E-state index contributed by atoms with van der Waals surface area (Å²) in [5.74, 6) is -0.266. The number of piperidine rings is 1. The van der Waals surface area contributed by atoms with Gasteiger partial charge in [0.1, 0.15) is 12.7 Å². The molecule has 0 bridgehead atoms. The number of halogens is 4. The summed E-state index contributed by atoms with van der Waals surface area (Å²) in [5.41, 5.74) is 2.18. The third-order valence-electron chi connectivity index (χ3n) is 8.57. The zero-order chi connectivity index (χ0) is 30.3. The van der Waals surface area contributed by atoms with Gasteiger partial charge in [0, 0.05) is 35.5 Å². The molecule has 1 saturated carbocycles. The highest BCUT2D eigenvalue weighted by Gasteiger charge is 2.43. The number of alkyl halides is 4. The summed E-state index contributed by atoms with van der Waals surface area (Å²) in [6.07, 6.45) is -4.08. The van der Waals surface area contributed by atoms with E-state index in [2.05, 4.69) is 20.8 Å². The lowest BCUT2D eigenvalue weighted by Gasteiger charge is -2.36. The second kappa shape index (κ2) is 11.6. The van der Waals surface area contributed by atoms with Crippen LogP contribution in [0, 0.1) is 11.8 Å². The number of rotatable bonds is 9. The lowest BCUT2D eigenvalue weighted by atomic mass is 9.88. The summed E-state index contributed by atoms with van der Waals surface area (Å²) in [6.45, 7) is 1.74. The summed E-state index contributed by atoms with van der Waals surface area (Å²) in [6, 6.07) is 16.2. The van der Waals surface area contributed by atoms with Crippen LogP contribution in [0.5, 0.6) is 0 Å². The van der Waals surface area contributed by atoms with E-state index in [9.17, 15) is 22.4 Å². The predicted molar refractivity (Wildman–Crippen MR) is 154 cm³/mol. The Labute approximate surface area is 246 Å². The SMILES string of the molecule is C[C@H](Nc1cccc2c1cc(-c1noc(CNC(=O)[C@@H]3C[C@H]3c3ccccc3)n1)n2CC(F)(F)F)[C@@H]1CCN(C)C[C@@H]1F. The number of anilines is 1. The van der Waals surface area contributed by atoms with E-state index < -0.39 is 18.9 Å². The number of carbonyl (C=O) groups is 1. The lowest BCUT2D eigenvalue weighted by molar-refractivity contribution is -0.139. The number of benzene rings is 2. The van der Waals surface area contributed by atoms with Gasteiger partial charge in [0.25, 0.3) is 0 Å². The van der Waals surface area contributed by atoms with E-state index in [4.69, 9.17) is 4.52 Å². The average molecular weight is 599 g/mol. The lowest BCUT2D eigenvalue weighted by Crippen LogP contribution is -2.45. The first-order valence-electron chi connectivity index (χ1n) is 14.5. The Morgan fingerprint density at radius 3 is 2.70 bits per heavy atom. The predicted octanol–water partition coefficient (Wildman–Crippen LogP) is 5.76. The van der Waals surface area contributed by atoms with Crippen molar-refractivity contribution in [1.29, 1.82) is 0 Å². The molecule has 1 aliphatic heterocycles. The number of amides is 1. The van der Waals surface area contributed by atoms with Gasteiger partial charge in [-0.25, -0.2) is 4.39 Å². The minimum absolute atomic E-state index is 0.0172. The van der Waals surface area contributed by atoms with Crippen LogP contribution in [0.2, 0.25) is 0 Å². The number of likely N-dealkylation sites (tertiary alicyclic amines) is 1. The van der Waals surface area contributed by atoms with Gasteiger partial charge in [-0.3, -0.25) is 4.79 Å². The maximum absolute atomic E-state index is 14.8. The molecule has 0 unspecified atom stereocenters. The monoisotopic (exact) mass is 598 g/mol. The number of hydrogen-bond acceptors (Lipinski definition) is 6. The number of fused-ring (bicyclic) bond motifs is 1. The van der Waals surface area contributed by atoms with Gasteiger partial charge in [0.15, 0.2) is 0 Å². The Bertz CT molecular complexity index is 1590. The first-order valence-corrected chi connectivity index (χ1v) is 14.5. The first kappa shape index (κ1) is 29.2. The van der Waals surface area contributed by atoms with E-state index in [1.807, 2.05) is 49.2 Å². The fourth-order valence-corrected chi connectivity index (χ4v) is 6.21. The highest BCUT2D eigenvalue weighted by molar-refractivity contribution is 5.96. The van der Waals surface area contributed by atoms with Crippen molar-refractivity contribution in [2.45, 2.75) is 57.2 Å². The Balaban J connectivity index is 1.21. The summed E-state index contributed by atoms with van der Waals surface area (Å²) < 4.78 is 62.5. The molecule has 43 heavy (non-hydrogen) atoms. The Morgan fingerprint density at radius 1 is 1.16 bits per heavy atom. The average Bonchev–Trinajstić information content (AvgIpc) is 3.50. The molecule has 2 aromatic heterocycles. The second-order valence-electron chi connectivity index (χ2n) is 11.7. The Kier molecular flexibility index (Phi) is 7.89. The van der Waals surface area contributed by atoms with Crippen molar-refractivity contribution in [3.63, 3.8) is 0 Å². The highest BCUT2D eigenvalue weighted by atomic mass is 19.4. The van der Waals surface area contributed by atoms with Crippen molar-refractivity contribution in [3.8, 4) is 11.5 Å². The smallest absolute Gasteiger partial charge is 0.382 e. The molecule has 12 heteroatoms. The maximum Gasteiger partial charge on any atom is 0.406 e. The summed E-state index contributed by atoms with van der Waals surface area (Å²) in [7, 11) is 1.89. The number of nitrogens with one attached hydrogen (secondary N) is 2. The molecular formula is C31H34F4N6O2. The van der Waals surface area contributed by atoms with Crippen LogP contribution >= 0.6 is 0 Å². The van der Waals surface area contributed by atoms with Gasteiger partial charge in [0.2, 0.25) is 17.6 Å². The van der Waals surface area contributed by atoms with Crippen LogP contribution in [-0.2, 0) is 17.9 Å². The van der Waals surface area contributed by atoms with Crippen LogP contribution in [0.1, 0.15) is 37.1 Å². The third kappa shape index (κ3) is 6.39. The normalized spacial score (nSPS) is 23.3. The van der Waals surface area contributed by atoms with E-state index in [1.165, 1.54) is 0 Å². The molecule has 2 N–H and O–H groups in total. The molecule has 2 aliphatic rings. The van der Waals surface area contributed by atoms with Gasteiger partial charge in [0.05, 0.1) is 17.8 Å². The Morgan fingerprint density at radius 2 is 1.95 bits per heavy atom. The molecule has 1 aliphatic carbocycles. The van der Waals surface area contributed by atoms with Crippen LogP contribution in [0.25, 0.3) is 22.4 Å². The highest BCUT2D eigenvalue weighted by Crippen LogP contribution is 2.47. The van der Waals surface area contributed by atoms with Gasteiger partial charge in [-0.05, 0) is 63.0 Å². The first-order chi connectivity index (χ1) is 20.6. The van der Waals surface area contributed by atoms with Gasteiger partial charge >= 0.3 is 6.18 Å². The van der Waals surface area contributed by atoms with Crippen LogP contribution in [0.3, 0.4) is 0 Å². The molecule has 2 fully saturated rings. The minimum Gasteiger partial charge on any atom is -0.382 e. The van der Waals surface area contributed by atoms with Crippen molar-refractivity contribution in [2.75, 3.05) is 25.5 Å². The van der Waals surface area contributed by atoms with E-state index in [0.29, 0.717) is 29.6 Å². The van der Waals surface area contributed by atoms with Crippen molar-refractivity contribution in [3.05, 3.63) is 66.1 Å². The summed E-state index contributed by atoms with van der Waals surface area (Å²) >= 11 is 0. The number of nitrogens with zero attached hydrogens (tertiary/aromatic N) is 4. The molecule has 0 radical (unpaired) electrons. The molecule has 1 saturated heterocycles. The molecular weight excluding hydrogens is 564 g/mol. The molecule has 0 spiro atoms. The molecule has 8 nitrogen and oxygen atoms in total. The van der Waals surface area contributed by atoms with Crippen molar-refractivity contribution in [1.82, 2.24) is 24.9 Å². The zero-order valence-corrected chi connectivity index (χ0v) is 23.9. The van der Waals surface area contributed by atoms with E-state index in [1.54, 1.807) is 24.3 Å². The van der Waals surface area contributed by atoms with E-state index in [-0.39, 0.29) is 53.7 Å². The third-order valence-corrected chi connectivity index (χ3v) is 8.57. The van der Waals surface area contributed by atoms with Gasteiger partial charge in [-0.15, -0.1) is 0 Å². The van der Waals surface area contributed by atoms with Crippen molar-refractivity contribution in [2.24, 2.45) is 11.8 Å². The van der Waals surface area contributed by atoms with Crippen molar-refractivity contribution >= 4 is 22.5 Å². The summed E-state index contributed by atoms with van der Waals surface area (Å²) in [4.78, 5) is 19.0. The molecule has 6 rings (SSSR count). The van der Waals surface area contributed by atoms with Crippen LogP contribution < -0.4 is 10.6 Å². The fourth-order valence-electron chi connectivity index (χ4n) is 6.21. The van der Waals surface area contributed by atoms with Crippen LogP contribution in [0.15, 0.2) is 59.1 Å². The molecule has 4 aromatic rings. The topological polar surface area (TPSA) is 88.2 Å².